The lowest BCUT2D eigenvalue weighted by atomic mass is 10.1. The number of benzene rings is 1. The molecule has 0 spiro atoms. The molecule has 0 aliphatic heterocycles. The maximum absolute atomic E-state index is 11.6. The molecular formula is C11H14N2O3S. The molecule has 1 aliphatic carbocycles. The molecule has 6 heteroatoms. The second kappa shape index (κ2) is 4.46. The first-order valence-electron chi connectivity index (χ1n) is 5.29. The predicted octanol–water partition coefficient (Wildman–Crippen LogP) is 0.370. The number of hydrogen-bond acceptors (Lipinski definition) is 3. The Morgan fingerprint density at radius 2 is 1.94 bits per heavy atom. The zero-order chi connectivity index (χ0) is 12.5. The second-order valence-electron chi connectivity index (χ2n) is 4.22. The van der Waals surface area contributed by atoms with Crippen LogP contribution in [0, 0.1) is 5.92 Å². The maximum atomic E-state index is 11.6. The molecule has 2 N–H and O–H groups in total. The SMILES string of the molecule is CS(=O)(=O)NNC(=O)[C@@H]1C[C@@H]1c1ccccc1. The molecule has 0 unspecified atom stereocenters. The van der Waals surface area contributed by atoms with Gasteiger partial charge in [0.1, 0.15) is 0 Å². The minimum Gasteiger partial charge on any atom is -0.278 e. The first-order chi connectivity index (χ1) is 7.97. The molecule has 0 saturated heterocycles. The molecule has 5 nitrogen and oxygen atoms in total. The van der Waals surface area contributed by atoms with Gasteiger partial charge in [0.25, 0.3) is 0 Å². The van der Waals surface area contributed by atoms with Crippen LogP contribution in [0.2, 0.25) is 0 Å². The van der Waals surface area contributed by atoms with Crippen molar-refractivity contribution in [2.24, 2.45) is 5.92 Å². The van der Waals surface area contributed by atoms with Crippen LogP contribution in [0.15, 0.2) is 30.3 Å². The molecule has 1 fully saturated rings. The molecule has 1 aromatic rings. The highest BCUT2D eigenvalue weighted by Crippen LogP contribution is 2.47. The third-order valence-electron chi connectivity index (χ3n) is 2.71. The van der Waals surface area contributed by atoms with Crippen LogP contribution in [0.3, 0.4) is 0 Å². The summed E-state index contributed by atoms with van der Waals surface area (Å²) in [7, 11) is -3.39. The van der Waals surface area contributed by atoms with Crippen molar-refractivity contribution in [3.63, 3.8) is 0 Å². The molecule has 2 atom stereocenters. The number of carbonyl (C=O) groups is 1. The van der Waals surface area contributed by atoms with E-state index in [9.17, 15) is 13.2 Å². The molecule has 1 saturated carbocycles. The van der Waals surface area contributed by atoms with E-state index in [1.54, 1.807) is 0 Å². The van der Waals surface area contributed by atoms with Crippen LogP contribution in [0.25, 0.3) is 0 Å². The first kappa shape index (κ1) is 12.1. The number of hydrazine groups is 1. The molecule has 2 rings (SSSR count). The van der Waals surface area contributed by atoms with Crippen LogP contribution in [0.5, 0.6) is 0 Å². The van der Waals surface area contributed by atoms with Crippen LogP contribution in [0.4, 0.5) is 0 Å². The number of hydrogen-bond donors (Lipinski definition) is 2. The smallest absolute Gasteiger partial charge is 0.238 e. The van der Waals surface area contributed by atoms with E-state index in [0.29, 0.717) is 0 Å². The highest BCUT2D eigenvalue weighted by molar-refractivity contribution is 7.88. The fourth-order valence-electron chi connectivity index (χ4n) is 1.79. The van der Waals surface area contributed by atoms with Gasteiger partial charge in [0.05, 0.1) is 6.26 Å². The normalized spacial score (nSPS) is 23.1. The largest absolute Gasteiger partial charge is 0.278 e. The van der Waals surface area contributed by atoms with Gasteiger partial charge in [-0.25, -0.2) is 8.42 Å². The summed E-state index contributed by atoms with van der Waals surface area (Å²) < 4.78 is 21.6. The van der Waals surface area contributed by atoms with Crippen molar-refractivity contribution in [2.75, 3.05) is 6.26 Å². The van der Waals surface area contributed by atoms with E-state index >= 15 is 0 Å². The Bertz CT molecular complexity index is 513. The quantitative estimate of drug-likeness (QED) is 0.762. The van der Waals surface area contributed by atoms with Gasteiger partial charge in [-0.3, -0.25) is 10.2 Å². The van der Waals surface area contributed by atoms with E-state index in [0.717, 1.165) is 18.2 Å². The summed E-state index contributed by atoms with van der Waals surface area (Å²) in [6.07, 6.45) is 1.76. The number of amides is 1. The minimum absolute atomic E-state index is 0.133. The Hall–Kier alpha value is -1.40. The second-order valence-corrected chi connectivity index (χ2v) is 5.97. The molecule has 1 aromatic carbocycles. The van der Waals surface area contributed by atoms with Crippen LogP contribution in [-0.4, -0.2) is 20.6 Å². The number of sulfonamides is 1. The summed E-state index contributed by atoms with van der Waals surface area (Å²) in [6, 6.07) is 9.73. The minimum atomic E-state index is -3.39. The van der Waals surface area contributed by atoms with Gasteiger partial charge in [-0.15, -0.1) is 4.83 Å². The Morgan fingerprint density at radius 1 is 1.29 bits per heavy atom. The molecule has 1 amide bonds. The Labute approximate surface area is 100 Å². The summed E-state index contributed by atoms with van der Waals surface area (Å²) in [5.74, 6) is -0.200. The zero-order valence-electron chi connectivity index (χ0n) is 9.38. The molecule has 0 aromatic heterocycles. The first-order valence-corrected chi connectivity index (χ1v) is 7.18. The summed E-state index contributed by atoms with van der Waals surface area (Å²) >= 11 is 0. The monoisotopic (exact) mass is 254 g/mol. The fourth-order valence-corrected chi connectivity index (χ4v) is 2.08. The average Bonchev–Trinajstić information content (AvgIpc) is 3.06. The van der Waals surface area contributed by atoms with Crippen molar-refractivity contribution in [2.45, 2.75) is 12.3 Å². The summed E-state index contributed by atoms with van der Waals surface area (Å²) in [5.41, 5.74) is 3.32. The fraction of sp³-hybridized carbons (Fsp3) is 0.364. The van der Waals surface area contributed by atoms with Gasteiger partial charge < -0.3 is 0 Å². The van der Waals surface area contributed by atoms with Gasteiger partial charge in [-0.1, -0.05) is 30.3 Å². The topological polar surface area (TPSA) is 75.3 Å². The lowest BCUT2D eigenvalue weighted by Crippen LogP contribution is -2.41. The molecule has 0 bridgehead atoms. The highest BCUT2D eigenvalue weighted by atomic mass is 32.2. The van der Waals surface area contributed by atoms with Crippen molar-refractivity contribution >= 4 is 15.9 Å². The summed E-state index contributed by atoms with van der Waals surface area (Å²) in [5, 5.41) is 0. The van der Waals surface area contributed by atoms with Gasteiger partial charge in [0.2, 0.25) is 15.9 Å². The van der Waals surface area contributed by atoms with E-state index in [4.69, 9.17) is 0 Å². The van der Waals surface area contributed by atoms with Gasteiger partial charge in [0, 0.05) is 5.92 Å². The van der Waals surface area contributed by atoms with Crippen molar-refractivity contribution in [1.29, 1.82) is 0 Å². The van der Waals surface area contributed by atoms with Gasteiger partial charge in [-0.05, 0) is 17.9 Å². The molecule has 17 heavy (non-hydrogen) atoms. The maximum Gasteiger partial charge on any atom is 0.238 e. The van der Waals surface area contributed by atoms with E-state index < -0.39 is 10.0 Å². The molecule has 0 heterocycles. The third kappa shape index (κ3) is 3.28. The van der Waals surface area contributed by atoms with Crippen LogP contribution in [0.1, 0.15) is 17.9 Å². The number of carbonyl (C=O) groups excluding carboxylic acids is 1. The average molecular weight is 254 g/mol. The van der Waals surface area contributed by atoms with E-state index in [2.05, 4.69) is 5.43 Å². The Morgan fingerprint density at radius 3 is 2.53 bits per heavy atom. The van der Waals surface area contributed by atoms with Crippen molar-refractivity contribution < 1.29 is 13.2 Å². The van der Waals surface area contributed by atoms with Gasteiger partial charge in [-0.2, -0.15) is 0 Å². The van der Waals surface area contributed by atoms with E-state index in [1.807, 2.05) is 35.2 Å². The number of rotatable bonds is 4. The lowest BCUT2D eigenvalue weighted by Gasteiger charge is -2.04. The van der Waals surface area contributed by atoms with E-state index in [-0.39, 0.29) is 17.7 Å². The molecule has 1 aliphatic rings. The highest BCUT2D eigenvalue weighted by Gasteiger charge is 2.43. The van der Waals surface area contributed by atoms with Crippen LogP contribution < -0.4 is 10.3 Å². The summed E-state index contributed by atoms with van der Waals surface area (Å²) in [6.45, 7) is 0. The van der Waals surface area contributed by atoms with Crippen LogP contribution in [-0.2, 0) is 14.8 Å². The van der Waals surface area contributed by atoms with Gasteiger partial charge >= 0.3 is 0 Å². The van der Waals surface area contributed by atoms with Gasteiger partial charge in [0.15, 0.2) is 0 Å². The molecular weight excluding hydrogens is 240 g/mol. The number of nitrogens with one attached hydrogen (secondary N) is 2. The Balaban J connectivity index is 1.89. The van der Waals surface area contributed by atoms with Crippen molar-refractivity contribution in [1.82, 2.24) is 10.3 Å². The lowest BCUT2D eigenvalue weighted by molar-refractivity contribution is -0.122. The Kier molecular flexibility index (Phi) is 3.17. The van der Waals surface area contributed by atoms with E-state index in [1.165, 1.54) is 0 Å². The van der Waals surface area contributed by atoms with Crippen molar-refractivity contribution in [3.8, 4) is 0 Å². The molecule has 0 radical (unpaired) electrons. The predicted molar refractivity (Wildman–Crippen MR) is 63.4 cm³/mol. The van der Waals surface area contributed by atoms with Crippen LogP contribution >= 0.6 is 0 Å². The van der Waals surface area contributed by atoms with Crippen molar-refractivity contribution in [3.05, 3.63) is 35.9 Å². The third-order valence-corrected chi connectivity index (χ3v) is 3.19. The zero-order valence-corrected chi connectivity index (χ0v) is 10.2. The molecule has 92 valence electrons. The summed E-state index contributed by atoms with van der Waals surface area (Å²) in [4.78, 5) is 13.6. The standard InChI is InChI=1S/C11H14N2O3S/c1-17(15,16)13-12-11(14)10-7-9(10)8-5-3-2-4-6-8/h2-6,9-10,13H,7H2,1H3,(H,12,14)/t9-,10-/m1/s1.